The lowest BCUT2D eigenvalue weighted by atomic mass is 10.1. The predicted molar refractivity (Wildman–Crippen MR) is 143 cm³/mol. The third-order valence-electron chi connectivity index (χ3n) is 6.33. The second-order valence-corrected chi connectivity index (χ2v) is 9.28. The summed E-state index contributed by atoms with van der Waals surface area (Å²) in [5.41, 5.74) is 6.61. The van der Waals surface area contributed by atoms with Crippen LogP contribution in [0.3, 0.4) is 0 Å². The van der Waals surface area contributed by atoms with Crippen LogP contribution in [0.15, 0.2) is 123 Å². The van der Waals surface area contributed by atoms with Gasteiger partial charge in [-0.3, -0.25) is 0 Å². The summed E-state index contributed by atoms with van der Waals surface area (Å²) in [5, 5.41) is 4.48. The smallest absolute Gasteiger partial charge is 0.137 e. The number of fused-ring (bicyclic) bond motifs is 6. The van der Waals surface area contributed by atoms with Gasteiger partial charge in [-0.2, -0.15) is 0 Å². The maximum atomic E-state index is 6.19. The van der Waals surface area contributed by atoms with Crippen molar-refractivity contribution in [3.8, 4) is 0 Å². The molecule has 7 rings (SSSR count). The maximum Gasteiger partial charge on any atom is 0.137 e. The molecular weight excluding hydrogens is 486 g/mol. The molecule has 4 heteroatoms. The Morgan fingerprint density at radius 1 is 0.441 bits per heavy atom. The molecule has 0 aliphatic rings. The molecule has 0 N–H and O–H groups in total. The van der Waals surface area contributed by atoms with Gasteiger partial charge < -0.3 is 13.7 Å². The second kappa shape index (κ2) is 7.51. The van der Waals surface area contributed by atoms with E-state index in [1.807, 2.05) is 36.4 Å². The molecule has 0 amide bonds. The van der Waals surface area contributed by atoms with E-state index >= 15 is 0 Å². The Balaban J connectivity index is 1.45. The highest BCUT2D eigenvalue weighted by Gasteiger charge is 2.17. The summed E-state index contributed by atoms with van der Waals surface area (Å²) in [7, 11) is 0. The summed E-state index contributed by atoms with van der Waals surface area (Å²) in [6, 6.07) is 37.4. The lowest BCUT2D eigenvalue weighted by Crippen LogP contribution is -2.09. The van der Waals surface area contributed by atoms with Crippen molar-refractivity contribution < 1.29 is 8.83 Å². The van der Waals surface area contributed by atoms with Gasteiger partial charge in [0, 0.05) is 55.2 Å². The van der Waals surface area contributed by atoms with Gasteiger partial charge in [-0.15, -0.1) is 0 Å². The van der Waals surface area contributed by atoms with Gasteiger partial charge in [0.05, 0.1) is 0 Å². The lowest BCUT2D eigenvalue weighted by molar-refractivity contribution is 0.669. The Kier molecular flexibility index (Phi) is 4.29. The van der Waals surface area contributed by atoms with Gasteiger partial charge in [0.25, 0.3) is 0 Å². The van der Waals surface area contributed by atoms with E-state index in [1.165, 1.54) is 0 Å². The summed E-state index contributed by atoms with van der Waals surface area (Å²) in [4.78, 5) is 2.23. The molecule has 2 aromatic heterocycles. The molecule has 0 aliphatic heterocycles. The van der Waals surface area contributed by atoms with E-state index in [0.717, 1.165) is 65.4 Å². The van der Waals surface area contributed by atoms with Crippen LogP contribution in [0.4, 0.5) is 17.1 Å². The fourth-order valence-electron chi connectivity index (χ4n) is 4.74. The van der Waals surface area contributed by atoms with Crippen molar-refractivity contribution in [2.24, 2.45) is 0 Å². The van der Waals surface area contributed by atoms with Crippen molar-refractivity contribution >= 4 is 76.9 Å². The fraction of sp³-hybridized carbons (Fsp3) is 0. The molecule has 2 heterocycles. The highest BCUT2D eigenvalue weighted by Crippen LogP contribution is 2.40. The number of para-hydroxylation sites is 2. The second-order valence-electron chi connectivity index (χ2n) is 8.37. The Morgan fingerprint density at radius 3 is 1.41 bits per heavy atom. The summed E-state index contributed by atoms with van der Waals surface area (Å²) in [6.07, 6.45) is 0. The summed E-state index contributed by atoms with van der Waals surface area (Å²) in [5.74, 6) is 0. The minimum Gasteiger partial charge on any atom is -0.456 e. The molecule has 0 radical (unpaired) electrons. The maximum absolute atomic E-state index is 6.19. The molecule has 5 aromatic carbocycles. The van der Waals surface area contributed by atoms with Crippen molar-refractivity contribution in [3.05, 3.63) is 114 Å². The summed E-state index contributed by atoms with van der Waals surface area (Å²) in [6.45, 7) is 0. The van der Waals surface area contributed by atoms with E-state index in [4.69, 9.17) is 8.83 Å². The molecule has 3 nitrogen and oxygen atoms in total. The minimum absolute atomic E-state index is 0.866. The number of benzene rings is 5. The van der Waals surface area contributed by atoms with E-state index in [-0.39, 0.29) is 0 Å². The van der Waals surface area contributed by atoms with E-state index in [1.54, 1.807) is 0 Å². The molecule has 0 spiro atoms. The van der Waals surface area contributed by atoms with E-state index in [2.05, 4.69) is 93.6 Å². The molecule has 0 saturated heterocycles. The normalized spacial score (nSPS) is 11.7. The van der Waals surface area contributed by atoms with Crippen LogP contribution >= 0.6 is 15.9 Å². The molecule has 162 valence electrons. The molecular formula is C30H18BrNO2. The SMILES string of the molecule is Brc1ccc(N(c2ccc3c(c2)oc2ccccc23)c2ccc3c(c2)oc2ccccc23)cc1. The van der Waals surface area contributed by atoms with Gasteiger partial charge in [-0.25, -0.2) is 0 Å². The van der Waals surface area contributed by atoms with Crippen LogP contribution in [0.5, 0.6) is 0 Å². The van der Waals surface area contributed by atoms with Gasteiger partial charge in [0.1, 0.15) is 22.3 Å². The molecule has 0 aliphatic carbocycles. The van der Waals surface area contributed by atoms with E-state index in [9.17, 15) is 0 Å². The highest BCUT2D eigenvalue weighted by molar-refractivity contribution is 9.10. The number of hydrogen-bond donors (Lipinski definition) is 0. The van der Waals surface area contributed by atoms with Crippen molar-refractivity contribution in [3.63, 3.8) is 0 Å². The number of rotatable bonds is 3. The van der Waals surface area contributed by atoms with Gasteiger partial charge in [-0.1, -0.05) is 52.3 Å². The zero-order chi connectivity index (χ0) is 22.6. The Labute approximate surface area is 203 Å². The quantitative estimate of drug-likeness (QED) is 0.240. The average Bonchev–Trinajstić information content (AvgIpc) is 3.43. The van der Waals surface area contributed by atoms with Crippen LogP contribution in [-0.4, -0.2) is 0 Å². The third kappa shape index (κ3) is 3.03. The highest BCUT2D eigenvalue weighted by atomic mass is 79.9. The fourth-order valence-corrected chi connectivity index (χ4v) is 5.01. The van der Waals surface area contributed by atoms with Crippen LogP contribution < -0.4 is 4.90 Å². The molecule has 0 fully saturated rings. The van der Waals surface area contributed by atoms with Crippen molar-refractivity contribution in [2.75, 3.05) is 4.90 Å². The molecule has 34 heavy (non-hydrogen) atoms. The van der Waals surface area contributed by atoms with Gasteiger partial charge in [-0.05, 0) is 60.7 Å². The first-order valence-electron chi connectivity index (χ1n) is 11.1. The number of anilines is 3. The summed E-state index contributed by atoms with van der Waals surface area (Å²) < 4.78 is 13.4. The molecule has 0 bridgehead atoms. The molecule has 0 unspecified atom stereocenters. The van der Waals surface area contributed by atoms with Crippen molar-refractivity contribution in [2.45, 2.75) is 0 Å². The molecule has 7 aromatic rings. The molecule has 0 saturated carbocycles. The zero-order valence-corrected chi connectivity index (χ0v) is 19.6. The first kappa shape index (κ1) is 19.4. The van der Waals surface area contributed by atoms with Crippen LogP contribution in [0, 0.1) is 0 Å². The van der Waals surface area contributed by atoms with Crippen LogP contribution in [0.2, 0.25) is 0 Å². The number of halogens is 1. The standard InChI is InChI=1S/C30H18BrNO2/c31-19-9-11-20(12-10-19)32(21-13-15-25-23-5-1-3-7-27(23)33-29(25)17-21)22-14-16-26-24-6-2-4-8-28(24)34-30(26)18-22/h1-18H. The Morgan fingerprint density at radius 2 is 0.882 bits per heavy atom. The monoisotopic (exact) mass is 503 g/mol. The van der Waals surface area contributed by atoms with Crippen LogP contribution in [-0.2, 0) is 0 Å². The van der Waals surface area contributed by atoms with Gasteiger partial charge >= 0.3 is 0 Å². The average molecular weight is 504 g/mol. The van der Waals surface area contributed by atoms with E-state index < -0.39 is 0 Å². The predicted octanol–water partition coefficient (Wildman–Crippen LogP) is 9.72. The number of furan rings is 2. The summed E-state index contributed by atoms with van der Waals surface area (Å²) >= 11 is 3.56. The minimum atomic E-state index is 0.866. The van der Waals surface area contributed by atoms with E-state index in [0.29, 0.717) is 0 Å². The zero-order valence-electron chi connectivity index (χ0n) is 18.0. The van der Waals surface area contributed by atoms with Crippen LogP contribution in [0.25, 0.3) is 43.9 Å². The van der Waals surface area contributed by atoms with Crippen molar-refractivity contribution in [1.82, 2.24) is 0 Å². The van der Waals surface area contributed by atoms with Gasteiger partial charge in [0.15, 0.2) is 0 Å². The topological polar surface area (TPSA) is 29.5 Å². The number of hydrogen-bond acceptors (Lipinski definition) is 3. The van der Waals surface area contributed by atoms with Gasteiger partial charge in [0.2, 0.25) is 0 Å². The first-order chi connectivity index (χ1) is 16.7. The first-order valence-corrected chi connectivity index (χ1v) is 11.9. The molecule has 0 atom stereocenters. The third-order valence-corrected chi connectivity index (χ3v) is 6.85. The Bertz CT molecular complexity index is 1710. The largest absolute Gasteiger partial charge is 0.456 e. The van der Waals surface area contributed by atoms with Crippen LogP contribution in [0.1, 0.15) is 0 Å². The Hall–Kier alpha value is -4.02. The number of nitrogens with zero attached hydrogens (tertiary/aromatic N) is 1. The van der Waals surface area contributed by atoms with Crippen molar-refractivity contribution in [1.29, 1.82) is 0 Å². The lowest BCUT2D eigenvalue weighted by Gasteiger charge is -2.25.